The summed E-state index contributed by atoms with van der Waals surface area (Å²) in [6.45, 7) is 8.65. The summed E-state index contributed by atoms with van der Waals surface area (Å²) in [5.41, 5.74) is 0. The van der Waals surface area contributed by atoms with Gasteiger partial charge in [0.15, 0.2) is 5.78 Å². The Morgan fingerprint density at radius 3 is 2.83 bits per heavy atom. The first-order valence-electron chi connectivity index (χ1n) is 6.64. The van der Waals surface area contributed by atoms with Gasteiger partial charge in [-0.1, -0.05) is 13.0 Å². The maximum absolute atomic E-state index is 11.8. The number of nitrogens with zero attached hydrogens (tertiary/aromatic N) is 1. The molecule has 1 rings (SSSR count). The summed E-state index contributed by atoms with van der Waals surface area (Å²) in [7, 11) is 0. The van der Waals surface area contributed by atoms with E-state index in [0.717, 1.165) is 44.1 Å². The number of carbonyl (C=O) groups is 1. The normalized spacial score (nSPS) is 11.1. The van der Waals surface area contributed by atoms with Crippen molar-refractivity contribution in [2.45, 2.75) is 26.7 Å². The predicted molar refractivity (Wildman–Crippen MR) is 76.5 cm³/mol. The molecule has 0 unspecified atom stereocenters. The number of thiophene rings is 1. The van der Waals surface area contributed by atoms with Gasteiger partial charge in [0, 0.05) is 19.6 Å². The van der Waals surface area contributed by atoms with Crippen molar-refractivity contribution in [3.63, 3.8) is 0 Å². The molecule has 4 heteroatoms. The molecule has 0 N–H and O–H groups in total. The number of likely N-dealkylation sites (N-methyl/N-ethyl adjacent to an activating group) is 1. The number of carbonyl (C=O) groups excluding carboxylic acids is 1. The fraction of sp³-hybridized carbons (Fsp3) is 0.643. The molecule has 18 heavy (non-hydrogen) atoms. The van der Waals surface area contributed by atoms with E-state index in [9.17, 15) is 4.79 Å². The summed E-state index contributed by atoms with van der Waals surface area (Å²) < 4.78 is 5.35. The van der Waals surface area contributed by atoms with Gasteiger partial charge in [-0.25, -0.2) is 0 Å². The maximum Gasteiger partial charge on any atom is 0.172 e. The van der Waals surface area contributed by atoms with Crippen LogP contribution in [0.2, 0.25) is 0 Å². The van der Waals surface area contributed by atoms with Crippen LogP contribution in [0.1, 0.15) is 36.4 Å². The zero-order valence-electron chi connectivity index (χ0n) is 11.4. The average molecular weight is 269 g/mol. The fourth-order valence-corrected chi connectivity index (χ4v) is 2.48. The van der Waals surface area contributed by atoms with Crippen LogP contribution in [0.3, 0.4) is 0 Å². The second-order valence-electron chi connectivity index (χ2n) is 4.14. The molecule has 0 fully saturated rings. The summed E-state index contributed by atoms with van der Waals surface area (Å²) >= 11 is 1.53. The number of ether oxygens (including phenoxy) is 1. The quantitative estimate of drug-likeness (QED) is 0.483. The molecule has 0 aliphatic rings. The van der Waals surface area contributed by atoms with Crippen molar-refractivity contribution in [3.05, 3.63) is 22.4 Å². The molecule has 0 aromatic carbocycles. The number of rotatable bonds is 10. The molecule has 3 nitrogen and oxygen atoms in total. The summed E-state index contributed by atoms with van der Waals surface area (Å²) in [4.78, 5) is 15.0. The third-order valence-electron chi connectivity index (χ3n) is 2.88. The van der Waals surface area contributed by atoms with Crippen molar-refractivity contribution in [2.75, 3.05) is 32.8 Å². The highest BCUT2D eigenvalue weighted by atomic mass is 32.1. The standard InChI is InChI=1S/C14H23NO2S/c1-3-15(10-11-17-4-2)9-5-7-13(16)14-8-6-12-18-14/h6,8,12H,3-5,7,9-11H2,1-2H3. The van der Waals surface area contributed by atoms with Crippen molar-refractivity contribution in [1.82, 2.24) is 4.90 Å². The van der Waals surface area contributed by atoms with E-state index >= 15 is 0 Å². The van der Waals surface area contributed by atoms with Gasteiger partial charge in [0.25, 0.3) is 0 Å². The molecule has 0 saturated heterocycles. The third-order valence-corrected chi connectivity index (χ3v) is 3.79. The van der Waals surface area contributed by atoms with E-state index in [4.69, 9.17) is 4.74 Å². The van der Waals surface area contributed by atoms with Crippen molar-refractivity contribution < 1.29 is 9.53 Å². The Hall–Kier alpha value is -0.710. The summed E-state index contributed by atoms with van der Waals surface area (Å²) in [6, 6.07) is 3.83. The molecule has 1 aromatic rings. The molecule has 0 amide bonds. The molecule has 0 bridgehead atoms. The molecule has 0 saturated carbocycles. The first kappa shape index (κ1) is 15.3. The van der Waals surface area contributed by atoms with E-state index in [1.54, 1.807) is 0 Å². The second-order valence-corrected chi connectivity index (χ2v) is 5.08. The number of hydrogen-bond donors (Lipinski definition) is 0. The van der Waals surface area contributed by atoms with Gasteiger partial charge in [-0.15, -0.1) is 11.3 Å². The highest BCUT2D eigenvalue weighted by Gasteiger charge is 2.08. The van der Waals surface area contributed by atoms with Crippen molar-refractivity contribution in [1.29, 1.82) is 0 Å². The molecule has 1 heterocycles. The Bertz CT molecular complexity index is 325. The first-order valence-corrected chi connectivity index (χ1v) is 7.52. The van der Waals surface area contributed by atoms with E-state index < -0.39 is 0 Å². The lowest BCUT2D eigenvalue weighted by atomic mass is 10.2. The van der Waals surface area contributed by atoms with Gasteiger partial charge in [-0.05, 0) is 37.9 Å². The molecular weight excluding hydrogens is 246 g/mol. The van der Waals surface area contributed by atoms with Crippen LogP contribution >= 0.6 is 11.3 Å². The highest BCUT2D eigenvalue weighted by Crippen LogP contribution is 2.12. The Kier molecular flexibility index (Phi) is 7.89. The van der Waals surface area contributed by atoms with Crippen LogP contribution in [-0.4, -0.2) is 43.5 Å². The lowest BCUT2D eigenvalue weighted by Gasteiger charge is -2.19. The minimum Gasteiger partial charge on any atom is -0.380 e. The molecule has 0 spiro atoms. The van der Waals surface area contributed by atoms with Gasteiger partial charge in [-0.2, -0.15) is 0 Å². The number of Topliss-reactive ketones (excluding diaryl/α,β-unsaturated/α-hetero) is 1. The van der Waals surface area contributed by atoms with Gasteiger partial charge in [0.05, 0.1) is 11.5 Å². The summed E-state index contributed by atoms with van der Waals surface area (Å²) in [6.07, 6.45) is 1.57. The lowest BCUT2D eigenvalue weighted by Crippen LogP contribution is -2.28. The van der Waals surface area contributed by atoms with Crippen LogP contribution in [0.15, 0.2) is 17.5 Å². The van der Waals surface area contributed by atoms with E-state index in [1.807, 2.05) is 24.4 Å². The van der Waals surface area contributed by atoms with E-state index in [1.165, 1.54) is 11.3 Å². The molecular formula is C14H23NO2S. The summed E-state index contributed by atoms with van der Waals surface area (Å²) in [5.74, 6) is 0.269. The summed E-state index contributed by atoms with van der Waals surface area (Å²) in [5, 5.41) is 1.95. The van der Waals surface area contributed by atoms with Crippen LogP contribution in [-0.2, 0) is 4.74 Å². The van der Waals surface area contributed by atoms with Gasteiger partial charge >= 0.3 is 0 Å². The van der Waals surface area contributed by atoms with Gasteiger partial charge in [0.2, 0.25) is 0 Å². The third kappa shape index (κ3) is 5.76. The van der Waals surface area contributed by atoms with Crippen LogP contribution in [0.5, 0.6) is 0 Å². The van der Waals surface area contributed by atoms with E-state index in [0.29, 0.717) is 6.42 Å². The molecule has 0 atom stereocenters. The van der Waals surface area contributed by atoms with Crippen LogP contribution in [0.4, 0.5) is 0 Å². The Morgan fingerprint density at radius 2 is 2.22 bits per heavy atom. The largest absolute Gasteiger partial charge is 0.380 e. The molecule has 0 radical (unpaired) electrons. The van der Waals surface area contributed by atoms with Crippen LogP contribution in [0.25, 0.3) is 0 Å². The molecule has 102 valence electrons. The monoisotopic (exact) mass is 269 g/mol. The Morgan fingerprint density at radius 1 is 1.39 bits per heavy atom. The molecule has 0 aliphatic carbocycles. The first-order chi connectivity index (χ1) is 8.77. The topological polar surface area (TPSA) is 29.5 Å². The maximum atomic E-state index is 11.8. The number of hydrogen-bond acceptors (Lipinski definition) is 4. The fourth-order valence-electron chi connectivity index (χ4n) is 1.79. The van der Waals surface area contributed by atoms with E-state index in [2.05, 4.69) is 11.8 Å². The molecule has 1 aromatic heterocycles. The SMILES string of the molecule is CCOCCN(CC)CCCC(=O)c1cccs1. The van der Waals surface area contributed by atoms with Gasteiger partial charge in [0.1, 0.15) is 0 Å². The smallest absolute Gasteiger partial charge is 0.172 e. The highest BCUT2D eigenvalue weighted by molar-refractivity contribution is 7.12. The van der Waals surface area contributed by atoms with E-state index in [-0.39, 0.29) is 5.78 Å². The minimum absolute atomic E-state index is 0.269. The number of ketones is 1. The van der Waals surface area contributed by atoms with Crippen molar-refractivity contribution in [3.8, 4) is 0 Å². The van der Waals surface area contributed by atoms with Gasteiger partial charge in [-0.3, -0.25) is 4.79 Å². The zero-order valence-corrected chi connectivity index (χ0v) is 12.2. The van der Waals surface area contributed by atoms with Gasteiger partial charge < -0.3 is 9.64 Å². The molecule has 0 aliphatic heterocycles. The Labute approximate surface area is 114 Å². The van der Waals surface area contributed by atoms with Crippen LogP contribution < -0.4 is 0 Å². The average Bonchev–Trinajstić information content (AvgIpc) is 2.91. The zero-order chi connectivity index (χ0) is 13.2. The second kappa shape index (κ2) is 9.25. The minimum atomic E-state index is 0.269. The van der Waals surface area contributed by atoms with Crippen LogP contribution in [0, 0.1) is 0 Å². The van der Waals surface area contributed by atoms with Crippen molar-refractivity contribution in [2.24, 2.45) is 0 Å². The Balaban J connectivity index is 2.16. The lowest BCUT2D eigenvalue weighted by molar-refractivity contribution is 0.0967. The predicted octanol–water partition coefficient (Wildman–Crippen LogP) is 3.07. The van der Waals surface area contributed by atoms with Crippen molar-refractivity contribution >= 4 is 17.1 Å².